The number of carbonyl (C=O) groups excluding carboxylic acids is 2. The monoisotopic (exact) mass is 423 g/mol. The number of nitrogens with one attached hydrogen (secondary N) is 1. The van der Waals surface area contributed by atoms with Crippen molar-refractivity contribution < 1.29 is 14.0 Å². The van der Waals surface area contributed by atoms with E-state index in [0.717, 1.165) is 31.4 Å². The van der Waals surface area contributed by atoms with Gasteiger partial charge in [-0.15, -0.1) is 11.3 Å². The number of benzene rings is 2. The van der Waals surface area contributed by atoms with Gasteiger partial charge in [0.05, 0.1) is 4.88 Å². The van der Waals surface area contributed by atoms with Gasteiger partial charge in [-0.25, -0.2) is 9.37 Å². The van der Waals surface area contributed by atoms with Gasteiger partial charge in [-0.3, -0.25) is 9.59 Å². The zero-order chi connectivity index (χ0) is 21.1. The third-order valence-corrected chi connectivity index (χ3v) is 6.40. The van der Waals surface area contributed by atoms with E-state index in [1.165, 1.54) is 23.5 Å². The summed E-state index contributed by atoms with van der Waals surface area (Å²) in [7, 11) is 0. The Morgan fingerprint density at radius 3 is 2.60 bits per heavy atom. The molecule has 0 spiro atoms. The standard InChI is InChI=1S/C23H22FN3O2S/c24-15-10-8-14(9-11-15)21-20(19(28)13-16-5-3-4-12-26-16)27-23(30-21)18-7-2-1-6-17(18)22(25)29/h1-2,6-11,16,26H,3-5,12-13H2,(H2,25,29). The first-order valence-electron chi connectivity index (χ1n) is 9.95. The van der Waals surface area contributed by atoms with Crippen LogP contribution < -0.4 is 11.1 Å². The Kier molecular flexibility index (Phi) is 6.01. The van der Waals surface area contributed by atoms with Gasteiger partial charge in [0.15, 0.2) is 5.78 Å². The predicted molar refractivity (Wildman–Crippen MR) is 116 cm³/mol. The lowest BCUT2D eigenvalue weighted by atomic mass is 9.98. The van der Waals surface area contributed by atoms with Gasteiger partial charge in [-0.2, -0.15) is 0 Å². The zero-order valence-corrected chi connectivity index (χ0v) is 17.2. The highest BCUT2D eigenvalue weighted by molar-refractivity contribution is 7.18. The molecule has 7 heteroatoms. The minimum atomic E-state index is -0.552. The van der Waals surface area contributed by atoms with Crippen molar-refractivity contribution in [3.8, 4) is 21.0 Å². The quantitative estimate of drug-likeness (QED) is 0.575. The first kappa shape index (κ1) is 20.4. The second-order valence-electron chi connectivity index (χ2n) is 7.39. The Balaban J connectivity index is 1.76. The number of carbonyl (C=O) groups is 2. The van der Waals surface area contributed by atoms with E-state index < -0.39 is 5.91 Å². The van der Waals surface area contributed by atoms with Crippen LogP contribution >= 0.6 is 11.3 Å². The summed E-state index contributed by atoms with van der Waals surface area (Å²) in [5.41, 5.74) is 7.55. The normalized spacial score (nSPS) is 16.4. The second kappa shape index (κ2) is 8.85. The van der Waals surface area contributed by atoms with Gasteiger partial charge >= 0.3 is 0 Å². The summed E-state index contributed by atoms with van der Waals surface area (Å²) in [6.45, 7) is 0.914. The van der Waals surface area contributed by atoms with Crippen molar-refractivity contribution in [2.45, 2.75) is 31.7 Å². The van der Waals surface area contributed by atoms with E-state index in [0.29, 0.717) is 33.1 Å². The van der Waals surface area contributed by atoms with Crippen LogP contribution in [0, 0.1) is 5.82 Å². The number of primary amides is 1. The molecule has 1 aliphatic rings. The molecule has 1 aromatic heterocycles. The molecular weight excluding hydrogens is 401 g/mol. The summed E-state index contributed by atoms with van der Waals surface area (Å²) in [4.78, 5) is 30.3. The van der Waals surface area contributed by atoms with E-state index in [-0.39, 0.29) is 17.6 Å². The number of thiazole rings is 1. The molecule has 3 N–H and O–H groups in total. The van der Waals surface area contributed by atoms with E-state index in [9.17, 15) is 14.0 Å². The maximum Gasteiger partial charge on any atom is 0.249 e. The van der Waals surface area contributed by atoms with Crippen molar-refractivity contribution in [2.75, 3.05) is 6.54 Å². The molecular formula is C23H22FN3O2S. The third kappa shape index (κ3) is 4.32. The molecule has 1 unspecified atom stereocenters. The summed E-state index contributed by atoms with van der Waals surface area (Å²) in [6.07, 6.45) is 3.54. The van der Waals surface area contributed by atoms with Gasteiger partial charge in [-0.05, 0) is 43.1 Å². The van der Waals surface area contributed by atoms with Gasteiger partial charge < -0.3 is 11.1 Å². The number of nitrogens with zero attached hydrogens (tertiary/aromatic N) is 1. The zero-order valence-electron chi connectivity index (χ0n) is 16.4. The van der Waals surface area contributed by atoms with Crippen LogP contribution in [-0.2, 0) is 0 Å². The molecule has 1 aliphatic heterocycles. The Labute approximate surface area is 178 Å². The Hall–Kier alpha value is -2.90. The van der Waals surface area contributed by atoms with Gasteiger partial charge in [-0.1, -0.05) is 36.8 Å². The van der Waals surface area contributed by atoms with Gasteiger partial charge in [0.1, 0.15) is 16.5 Å². The molecule has 0 saturated carbocycles. The maximum atomic E-state index is 13.4. The average molecular weight is 424 g/mol. The summed E-state index contributed by atoms with van der Waals surface area (Å²) < 4.78 is 13.4. The molecule has 1 saturated heterocycles. The lowest BCUT2D eigenvalue weighted by Crippen LogP contribution is -2.35. The fourth-order valence-electron chi connectivity index (χ4n) is 3.72. The van der Waals surface area contributed by atoms with E-state index >= 15 is 0 Å². The number of amides is 1. The lowest BCUT2D eigenvalue weighted by Gasteiger charge is -2.22. The van der Waals surface area contributed by atoms with Crippen LogP contribution in [0.1, 0.15) is 46.5 Å². The van der Waals surface area contributed by atoms with Gasteiger partial charge in [0.2, 0.25) is 5.91 Å². The minimum absolute atomic E-state index is 0.0622. The highest BCUT2D eigenvalue weighted by Gasteiger charge is 2.25. The fraction of sp³-hybridized carbons (Fsp3) is 0.261. The van der Waals surface area contributed by atoms with Crippen molar-refractivity contribution in [2.24, 2.45) is 5.73 Å². The van der Waals surface area contributed by atoms with Crippen molar-refractivity contribution in [3.63, 3.8) is 0 Å². The molecule has 154 valence electrons. The first-order chi connectivity index (χ1) is 14.5. The second-order valence-corrected chi connectivity index (χ2v) is 8.39. The van der Waals surface area contributed by atoms with E-state index in [1.54, 1.807) is 36.4 Å². The van der Waals surface area contributed by atoms with Crippen molar-refractivity contribution in [3.05, 3.63) is 65.6 Å². The molecule has 2 heterocycles. The smallest absolute Gasteiger partial charge is 0.249 e. The number of hydrogen-bond donors (Lipinski definition) is 2. The molecule has 0 radical (unpaired) electrons. The van der Waals surface area contributed by atoms with Crippen LogP contribution in [0.2, 0.25) is 0 Å². The minimum Gasteiger partial charge on any atom is -0.366 e. The molecule has 1 atom stereocenters. The van der Waals surface area contributed by atoms with Gasteiger partial charge in [0.25, 0.3) is 0 Å². The lowest BCUT2D eigenvalue weighted by molar-refractivity contribution is 0.0959. The molecule has 0 aliphatic carbocycles. The highest BCUT2D eigenvalue weighted by atomic mass is 32.1. The van der Waals surface area contributed by atoms with Gasteiger partial charge in [0, 0.05) is 23.6 Å². The number of nitrogens with two attached hydrogens (primary N) is 1. The Morgan fingerprint density at radius 2 is 1.90 bits per heavy atom. The number of rotatable bonds is 6. The molecule has 1 amide bonds. The Morgan fingerprint density at radius 1 is 1.13 bits per heavy atom. The number of aromatic nitrogens is 1. The first-order valence-corrected chi connectivity index (χ1v) is 10.8. The molecule has 3 aromatic rings. The summed E-state index contributed by atoms with van der Waals surface area (Å²) in [5, 5.41) is 3.94. The summed E-state index contributed by atoms with van der Waals surface area (Å²) in [6, 6.07) is 13.1. The van der Waals surface area contributed by atoms with Crippen LogP contribution in [0.15, 0.2) is 48.5 Å². The molecule has 1 fully saturated rings. The van der Waals surface area contributed by atoms with Crippen LogP contribution in [0.5, 0.6) is 0 Å². The highest BCUT2D eigenvalue weighted by Crippen LogP contribution is 2.37. The largest absolute Gasteiger partial charge is 0.366 e. The number of piperidine rings is 1. The summed E-state index contributed by atoms with van der Waals surface area (Å²) >= 11 is 1.31. The fourth-order valence-corrected chi connectivity index (χ4v) is 4.85. The van der Waals surface area contributed by atoms with E-state index in [4.69, 9.17) is 5.73 Å². The topological polar surface area (TPSA) is 85.1 Å². The number of ketones is 1. The molecule has 4 rings (SSSR count). The van der Waals surface area contributed by atoms with Crippen LogP contribution in [0.3, 0.4) is 0 Å². The summed E-state index contributed by atoms with van der Waals surface area (Å²) in [5.74, 6) is -0.960. The average Bonchev–Trinajstić information content (AvgIpc) is 3.20. The Bertz CT molecular complexity index is 1070. The number of halogens is 1. The predicted octanol–water partition coefficient (Wildman–Crippen LogP) is 4.43. The maximum absolute atomic E-state index is 13.4. The van der Waals surface area contributed by atoms with Crippen LogP contribution in [-0.4, -0.2) is 29.3 Å². The molecule has 2 aromatic carbocycles. The molecule has 30 heavy (non-hydrogen) atoms. The molecule has 0 bridgehead atoms. The van der Waals surface area contributed by atoms with Crippen molar-refractivity contribution in [1.29, 1.82) is 0 Å². The van der Waals surface area contributed by atoms with E-state index in [2.05, 4.69) is 10.3 Å². The number of Topliss-reactive ketones (excluding diaryl/α,β-unsaturated/α-hetero) is 1. The third-order valence-electron chi connectivity index (χ3n) is 5.26. The van der Waals surface area contributed by atoms with Crippen molar-refractivity contribution >= 4 is 23.0 Å². The van der Waals surface area contributed by atoms with Crippen molar-refractivity contribution in [1.82, 2.24) is 10.3 Å². The van der Waals surface area contributed by atoms with Crippen LogP contribution in [0.4, 0.5) is 4.39 Å². The number of hydrogen-bond acceptors (Lipinski definition) is 5. The van der Waals surface area contributed by atoms with E-state index in [1.807, 2.05) is 0 Å². The molecule has 5 nitrogen and oxygen atoms in total. The SMILES string of the molecule is NC(=O)c1ccccc1-c1nc(C(=O)CC2CCCCN2)c(-c2ccc(F)cc2)s1. The van der Waals surface area contributed by atoms with Crippen LogP contribution in [0.25, 0.3) is 21.0 Å².